The number of rotatable bonds is 10. The zero-order valence-corrected chi connectivity index (χ0v) is 16.6. The van der Waals surface area contributed by atoms with Gasteiger partial charge in [0.15, 0.2) is 11.5 Å². The third-order valence-electron chi connectivity index (χ3n) is 4.48. The minimum Gasteiger partial charge on any atom is -0.493 e. The van der Waals surface area contributed by atoms with Crippen molar-refractivity contribution >= 4 is 5.91 Å². The molecular formula is C22H29NO4. The van der Waals surface area contributed by atoms with Crippen molar-refractivity contribution in [1.29, 1.82) is 0 Å². The van der Waals surface area contributed by atoms with Gasteiger partial charge in [-0.25, -0.2) is 0 Å². The van der Waals surface area contributed by atoms with Gasteiger partial charge in [-0.3, -0.25) is 4.79 Å². The van der Waals surface area contributed by atoms with Gasteiger partial charge in [0.1, 0.15) is 0 Å². The fraction of sp³-hybridized carbons (Fsp3) is 0.409. The zero-order valence-electron chi connectivity index (χ0n) is 16.6. The SMILES string of the molecule is COc1cc(CCC(=O)N[C@@H](C)CCc2ccccc2)cc(OC)c1OC. The van der Waals surface area contributed by atoms with E-state index in [-0.39, 0.29) is 11.9 Å². The van der Waals surface area contributed by atoms with E-state index in [1.54, 1.807) is 21.3 Å². The minimum absolute atomic E-state index is 0.0457. The van der Waals surface area contributed by atoms with Crippen LogP contribution in [0.1, 0.15) is 30.9 Å². The van der Waals surface area contributed by atoms with Gasteiger partial charge in [0.05, 0.1) is 21.3 Å². The highest BCUT2D eigenvalue weighted by atomic mass is 16.5. The van der Waals surface area contributed by atoms with Crippen molar-refractivity contribution < 1.29 is 19.0 Å². The highest BCUT2D eigenvalue weighted by molar-refractivity contribution is 5.76. The Balaban J connectivity index is 1.85. The van der Waals surface area contributed by atoms with Gasteiger partial charge < -0.3 is 19.5 Å². The molecule has 2 aromatic rings. The first-order valence-corrected chi connectivity index (χ1v) is 9.19. The second-order valence-corrected chi connectivity index (χ2v) is 6.53. The molecule has 0 aliphatic rings. The summed E-state index contributed by atoms with van der Waals surface area (Å²) in [5.74, 6) is 1.80. The van der Waals surface area contributed by atoms with Crippen molar-refractivity contribution in [2.75, 3.05) is 21.3 Å². The summed E-state index contributed by atoms with van der Waals surface area (Å²) in [4.78, 5) is 12.3. The summed E-state index contributed by atoms with van der Waals surface area (Å²) in [7, 11) is 4.74. The van der Waals surface area contributed by atoms with Gasteiger partial charge in [-0.15, -0.1) is 0 Å². The fourth-order valence-corrected chi connectivity index (χ4v) is 2.98. The van der Waals surface area contributed by atoms with E-state index in [0.717, 1.165) is 18.4 Å². The summed E-state index contributed by atoms with van der Waals surface area (Å²) in [5.41, 5.74) is 2.26. The van der Waals surface area contributed by atoms with Crippen LogP contribution < -0.4 is 19.5 Å². The highest BCUT2D eigenvalue weighted by Gasteiger charge is 2.14. The average Bonchev–Trinajstić information content (AvgIpc) is 2.70. The Hall–Kier alpha value is -2.69. The summed E-state index contributed by atoms with van der Waals surface area (Å²) in [6, 6.07) is 14.2. The van der Waals surface area contributed by atoms with Gasteiger partial charge in [0, 0.05) is 12.5 Å². The van der Waals surface area contributed by atoms with E-state index >= 15 is 0 Å². The number of methoxy groups -OCH3 is 3. The molecular weight excluding hydrogens is 342 g/mol. The lowest BCUT2D eigenvalue weighted by Crippen LogP contribution is -2.33. The van der Waals surface area contributed by atoms with Crippen LogP contribution in [0.5, 0.6) is 17.2 Å². The second kappa shape index (κ2) is 10.5. The lowest BCUT2D eigenvalue weighted by molar-refractivity contribution is -0.121. The third-order valence-corrected chi connectivity index (χ3v) is 4.48. The molecule has 2 aromatic carbocycles. The van der Waals surface area contributed by atoms with Crippen molar-refractivity contribution in [2.45, 2.75) is 38.6 Å². The average molecular weight is 371 g/mol. The molecule has 146 valence electrons. The van der Waals surface area contributed by atoms with Crippen LogP contribution in [-0.2, 0) is 17.6 Å². The first-order valence-electron chi connectivity index (χ1n) is 9.19. The zero-order chi connectivity index (χ0) is 19.6. The smallest absolute Gasteiger partial charge is 0.220 e. The molecule has 0 bridgehead atoms. The van der Waals surface area contributed by atoms with Crippen LogP contribution in [0.3, 0.4) is 0 Å². The molecule has 0 radical (unpaired) electrons. The molecule has 2 rings (SSSR count). The van der Waals surface area contributed by atoms with E-state index in [4.69, 9.17) is 14.2 Å². The van der Waals surface area contributed by atoms with E-state index < -0.39 is 0 Å². The van der Waals surface area contributed by atoms with Crippen LogP contribution in [0, 0.1) is 0 Å². The number of benzene rings is 2. The maximum absolute atomic E-state index is 12.3. The lowest BCUT2D eigenvalue weighted by Gasteiger charge is -2.15. The topological polar surface area (TPSA) is 56.8 Å². The van der Waals surface area contributed by atoms with Gasteiger partial charge >= 0.3 is 0 Å². The number of carbonyl (C=O) groups excluding carboxylic acids is 1. The Labute approximate surface area is 161 Å². The summed E-state index contributed by atoms with van der Waals surface area (Å²) < 4.78 is 16.0. The molecule has 1 atom stereocenters. The molecule has 0 heterocycles. The molecule has 0 saturated carbocycles. The van der Waals surface area contributed by atoms with Crippen molar-refractivity contribution in [3.63, 3.8) is 0 Å². The quantitative estimate of drug-likeness (QED) is 0.690. The van der Waals surface area contributed by atoms with Crippen molar-refractivity contribution in [3.05, 3.63) is 53.6 Å². The number of amides is 1. The standard InChI is InChI=1S/C22H29NO4/c1-16(10-11-17-8-6-5-7-9-17)23-21(24)13-12-18-14-19(25-2)22(27-4)20(15-18)26-3/h5-9,14-16H,10-13H2,1-4H3,(H,23,24)/t16-/m0/s1. The van der Waals surface area contributed by atoms with Gasteiger partial charge in [-0.2, -0.15) is 0 Å². The van der Waals surface area contributed by atoms with Gasteiger partial charge in [-0.1, -0.05) is 30.3 Å². The summed E-state index contributed by atoms with van der Waals surface area (Å²) in [6.45, 7) is 2.04. The molecule has 0 fully saturated rings. The molecule has 27 heavy (non-hydrogen) atoms. The number of nitrogens with one attached hydrogen (secondary N) is 1. The van der Waals surface area contributed by atoms with Crippen molar-refractivity contribution in [2.24, 2.45) is 0 Å². The normalized spacial score (nSPS) is 11.6. The van der Waals surface area contributed by atoms with E-state index in [2.05, 4.69) is 17.4 Å². The third kappa shape index (κ3) is 6.20. The molecule has 0 saturated heterocycles. The van der Waals surface area contributed by atoms with Crippen molar-refractivity contribution in [1.82, 2.24) is 5.32 Å². The number of hydrogen-bond donors (Lipinski definition) is 1. The maximum atomic E-state index is 12.3. The van der Waals surface area contributed by atoms with Crippen molar-refractivity contribution in [3.8, 4) is 17.2 Å². The molecule has 1 N–H and O–H groups in total. The predicted molar refractivity (Wildman–Crippen MR) is 107 cm³/mol. The molecule has 1 amide bonds. The predicted octanol–water partition coefficient (Wildman–Crippen LogP) is 3.78. The fourth-order valence-electron chi connectivity index (χ4n) is 2.98. The summed E-state index contributed by atoms with van der Waals surface area (Å²) >= 11 is 0. The lowest BCUT2D eigenvalue weighted by atomic mass is 10.1. The van der Waals surface area contributed by atoms with Crippen LogP contribution in [0.2, 0.25) is 0 Å². The minimum atomic E-state index is 0.0457. The Morgan fingerprint density at radius 1 is 0.926 bits per heavy atom. The molecule has 5 nitrogen and oxygen atoms in total. The van der Waals surface area contributed by atoms with Gasteiger partial charge in [0.25, 0.3) is 0 Å². The Bertz CT molecular complexity index is 705. The molecule has 5 heteroatoms. The van der Waals surface area contributed by atoms with Crippen LogP contribution in [0.4, 0.5) is 0 Å². The maximum Gasteiger partial charge on any atom is 0.220 e. The van der Waals surface area contributed by atoms with Gasteiger partial charge in [-0.05, 0) is 49.4 Å². The number of carbonyl (C=O) groups is 1. The van der Waals surface area contributed by atoms with E-state index in [1.165, 1.54) is 5.56 Å². The van der Waals surface area contributed by atoms with Crippen LogP contribution in [0.25, 0.3) is 0 Å². The van der Waals surface area contributed by atoms with E-state index in [0.29, 0.717) is 30.1 Å². The van der Waals surface area contributed by atoms with Crippen LogP contribution in [-0.4, -0.2) is 33.3 Å². The largest absolute Gasteiger partial charge is 0.493 e. The van der Waals surface area contributed by atoms with E-state index in [9.17, 15) is 4.79 Å². The molecule has 0 aliphatic heterocycles. The molecule has 0 unspecified atom stereocenters. The summed E-state index contributed by atoms with van der Waals surface area (Å²) in [6.07, 6.45) is 2.89. The van der Waals surface area contributed by atoms with Crippen LogP contribution in [0.15, 0.2) is 42.5 Å². The first-order chi connectivity index (χ1) is 13.1. The second-order valence-electron chi connectivity index (χ2n) is 6.53. The highest BCUT2D eigenvalue weighted by Crippen LogP contribution is 2.38. The van der Waals surface area contributed by atoms with Gasteiger partial charge in [0.2, 0.25) is 11.7 Å². The van der Waals surface area contributed by atoms with E-state index in [1.807, 2.05) is 37.3 Å². The number of hydrogen-bond acceptors (Lipinski definition) is 4. The molecule has 0 spiro atoms. The molecule has 0 aromatic heterocycles. The Morgan fingerprint density at radius 3 is 2.11 bits per heavy atom. The monoisotopic (exact) mass is 371 g/mol. The first kappa shape index (κ1) is 20.6. The number of ether oxygens (including phenoxy) is 3. The van der Waals surface area contributed by atoms with Crippen LogP contribution >= 0.6 is 0 Å². The molecule has 0 aliphatic carbocycles. The number of aryl methyl sites for hydroxylation is 2. The summed E-state index contributed by atoms with van der Waals surface area (Å²) in [5, 5.41) is 3.07. The Kier molecular flexibility index (Phi) is 7.99. The Morgan fingerprint density at radius 2 is 1.56 bits per heavy atom.